The van der Waals surface area contributed by atoms with Gasteiger partial charge in [-0.25, -0.2) is 0 Å². The van der Waals surface area contributed by atoms with Crippen molar-refractivity contribution < 1.29 is 13.9 Å². The van der Waals surface area contributed by atoms with E-state index in [2.05, 4.69) is 5.32 Å². The third kappa shape index (κ3) is 4.86. The monoisotopic (exact) mass is 531 g/mol. The van der Waals surface area contributed by atoms with Gasteiger partial charge in [0.15, 0.2) is 11.5 Å². The number of para-hydroxylation sites is 1. The molecule has 1 N–H and O–H groups in total. The van der Waals surface area contributed by atoms with Gasteiger partial charge in [-0.05, 0) is 24.3 Å². The van der Waals surface area contributed by atoms with Crippen molar-refractivity contribution in [3.05, 3.63) is 77.0 Å². The number of nitrogens with one attached hydrogen (secondary N) is 1. The summed E-state index contributed by atoms with van der Waals surface area (Å²) in [5.74, 6) is -0.170. The van der Waals surface area contributed by atoms with Crippen LogP contribution in [0.4, 0.5) is 5.69 Å². The first-order valence-corrected chi connectivity index (χ1v) is 10.3. The highest BCUT2D eigenvalue weighted by Gasteiger charge is 2.21. The van der Waals surface area contributed by atoms with Gasteiger partial charge < -0.3 is 14.5 Å². The number of furan rings is 1. The van der Waals surface area contributed by atoms with Crippen molar-refractivity contribution in [1.29, 1.82) is 0 Å². The zero-order valence-corrected chi connectivity index (χ0v) is 19.3. The fourth-order valence-electron chi connectivity index (χ4n) is 2.22. The van der Waals surface area contributed by atoms with Crippen LogP contribution in [0.3, 0.4) is 0 Å². The maximum absolute atomic E-state index is 12.4. The maximum Gasteiger partial charge on any atom is 0.291 e. The molecule has 0 aliphatic heterocycles. The van der Waals surface area contributed by atoms with Gasteiger partial charge in [-0.3, -0.25) is 4.79 Å². The van der Waals surface area contributed by atoms with E-state index in [-0.39, 0.29) is 48.9 Å². The molecule has 0 unspecified atom stereocenters. The average Bonchev–Trinajstić information content (AvgIpc) is 3.17. The number of benzene rings is 2. The number of anilines is 1. The van der Waals surface area contributed by atoms with Crippen LogP contribution < -0.4 is 10.1 Å². The molecule has 1 heterocycles. The molecule has 3 rings (SSSR count). The van der Waals surface area contributed by atoms with E-state index in [1.165, 1.54) is 6.07 Å². The molecule has 0 atom stereocenters. The van der Waals surface area contributed by atoms with E-state index < -0.39 is 5.91 Å². The van der Waals surface area contributed by atoms with E-state index in [1.807, 2.05) is 0 Å². The van der Waals surface area contributed by atoms with E-state index in [0.717, 1.165) is 0 Å². The third-order valence-corrected chi connectivity index (χ3v) is 6.49. The van der Waals surface area contributed by atoms with Crippen molar-refractivity contribution in [3.63, 3.8) is 0 Å². The fraction of sp³-hybridized carbons (Fsp3) is 0.0556. The van der Waals surface area contributed by atoms with Crippen LogP contribution in [0.25, 0.3) is 0 Å². The number of carbonyl (C=O) groups excluding carboxylic acids is 1. The Morgan fingerprint density at radius 1 is 0.828 bits per heavy atom. The van der Waals surface area contributed by atoms with Crippen LogP contribution in [0, 0.1) is 0 Å². The second-order valence-corrected chi connectivity index (χ2v) is 8.21. The first kappa shape index (κ1) is 22.7. The number of hydrogen-bond donors (Lipinski definition) is 1. The molecule has 11 heteroatoms. The molecular weight excluding hydrogens is 526 g/mol. The fourth-order valence-corrected chi connectivity index (χ4v) is 3.95. The van der Waals surface area contributed by atoms with Crippen LogP contribution in [0.5, 0.6) is 5.75 Å². The van der Waals surface area contributed by atoms with Gasteiger partial charge in [0.1, 0.15) is 22.4 Å². The zero-order valence-electron chi connectivity index (χ0n) is 14.0. The summed E-state index contributed by atoms with van der Waals surface area (Å²) in [6.07, 6.45) is 0. The van der Waals surface area contributed by atoms with Gasteiger partial charge in [-0.15, -0.1) is 0 Å². The largest absolute Gasteiger partial charge is 0.482 e. The summed E-state index contributed by atoms with van der Waals surface area (Å²) in [5, 5.41) is 3.22. The molecule has 152 valence electrons. The lowest BCUT2D eigenvalue weighted by Crippen LogP contribution is -2.11. The Labute approximate surface area is 200 Å². The molecule has 0 radical (unpaired) electrons. The molecule has 1 aromatic heterocycles. The van der Waals surface area contributed by atoms with E-state index in [1.54, 1.807) is 24.3 Å². The van der Waals surface area contributed by atoms with Crippen LogP contribution in [-0.2, 0) is 6.61 Å². The smallest absolute Gasteiger partial charge is 0.291 e. The minimum atomic E-state index is -0.542. The number of carbonyl (C=O) groups is 1. The van der Waals surface area contributed by atoms with Gasteiger partial charge in [-0.2, -0.15) is 0 Å². The Morgan fingerprint density at radius 2 is 1.38 bits per heavy atom. The molecule has 3 aromatic rings. The molecule has 4 nitrogen and oxygen atoms in total. The average molecular weight is 534 g/mol. The quantitative estimate of drug-likeness (QED) is 0.263. The molecule has 0 bridgehead atoms. The molecule has 0 aliphatic rings. The van der Waals surface area contributed by atoms with Gasteiger partial charge >= 0.3 is 0 Å². The number of rotatable bonds is 5. The molecule has 0 saturated carbocycles. The lowest BCUT2D eigenvalue weighted by Gasteiger charge is -2.12. The summed E-state index contributed by atoms with van der Waals surface area (Å²) < 4.78 is 11.0. The third-order valence-electron chi connectivity index (χ3n) is 3.62. The van der Waals surface area contributed by atoms with Gasteiger partial charge in [0, 0.05) is 0 Å². The van der Waals surface area contributed by atoms with E-state index in [9.17, 15) is 4.79 Å². The second kappa shape index (κ2) is 9.44. The highest BCUT2D eigenvalue weighted by Crippen LogP contribution is 2.48. The Kier molecular flexibility index (Phi) is 7.39. The number of halogens is 7. The number of hydrogen-bond acceptors (Lipinski definition) is 3. The maximum atomic E-state index is 12.4. The van der Waals surface area contributed by atoms with Crippen molar-refractivity contribution in [2.45, 2.75) is 6.61 Å². The normalized spacial score (nSPS) is 10.9. The van der Waals surface area contributed by atoms with Crippen LogP contribution in [0.15, 0.2) is 34.7 Å². The van der Waals surface area contributed by atoms with Crippen LogP contribution in [0.2, 0.25) is 35.2 Å². The molecule has 0 spiro atoms. The predicted molar refractivity (Wildman–Crippen MR) is 119 cm³/mol. The first-order valence-electron chi connectivity index (χ1n) is 7.69. The van der Waals surface area contributed by atoms with Crippen LogP contribution in [0.1, 0.15) is 16.3 Å². The van der Waals surface area contributed by atoms with E-state index >= 15 is 0 Å². The van der Waals surface area contributed by atoms with Crippen molar-refractivity contribution >= 4 is 92.8 Å². The summed E-state index contributed by atoms with van der Waals surface area (Å²) >= 11 is 42.3. The first-order chi connectivity index (χ1) is 13.7. The molecule has 2 aromatic carbocycles. The van der Waals surface area contributed by atoms with Crippen molar-refractivity contribution in [1.82, 2.24) is 0 Å². The van der Waals surface area contributed by atoms with Crippen molar-refractivity contribution in [2.75, 3.05) is 5.32 Å². The van der Waals surface area contributed by atoms with E-state index in [4.69, 9.17) is 90.4 Å². The molecule has 29 heavy (non-hydrogen) atoms. The van der Waals surface area contributed by atoms with Crippen LogP contribution >= 0.6 is 81.2 Å². The van der Waals surface area contributed by atoms with Gasteiger partial charge in [0.25, 0.3) is 5.91 Å². The van der Waals surface area contributed by atoms with Crippen LogP contribution in [-0.4, -0.2) is 5.91 Å². The predicted octanol–water partition coefficient (Wildman–Crippen LogP) is 8.68. The highest BCUT2D eigenvalue weighted by molar-refractivity contribution is 6.55. The Morgan fingerprint density at radius 3 is 1.97 bits per heavy atom. The minimum Gasteiger partial charge on any atom is -0.482 e. The standard InChI is InChI=1S/C18H8Cl7NO3/c19-8-2-1-3-9(20)16(8)26-18(27)10-5-4-7(29-10)6-28-17-14(24)12(22)11(21)13(23)15(17)25/h1-5H,6H2,(H,26,27). The van der Waals surface area contributed by atoms with Gasteiger partial charge in [0.05, 0.1) is 30.8 Å². The zero-order chi connectivity index (χ0) is 21.3. The molecule has 1 amide bonds. The molecule has 0 fully saturated rings. The summed E-state index contributed by atoms with van der Waals surface area (Å²) in [7, 11) is 0. The molecule has 0 saturated heterocycles. The summed E-state index contributed by atoms with van der Waals surface area (Å²) in [6, 6.07) is 7.86. The topological polar surface area (TPSA) is 51.5 Å². The number of ether oxygens (including phenoxy) is 1. The molecule has 0 aliphatic carbocycles. The van der Waals surface area contributed by atoms with Crippen molar-refractivity contribution in [2.24, 2.45) is 0 Å². The SMILES string of the molecule is O=C(Nc1c(Cl)cccc1Cl)c1ccc(COc2c(Cl)c(Cl)c(Cl)c(Cl)c2Cl)o1. The Balaban J connectivity index is 1.74. The Hall–Kier alpha value is -0.980. The number of amides is 1. The summed E-state index contributed by atoms with van der Waals surface area (Å²) in [4.78, 5) is 12.4. The minimum absolute atomic E-state index is 0.00366. The second-order valence-electron chi connectivity index (χ2n) is 5.50. The summed E-state index contributed by atoms with van der Waals surface area (Å²) in [6.45, 7) is -0.103. The van der Waals surface area contributed by atoms with Crippen molar-refractivity contribution in [3.8, 4) is 5.75 Å². The highest BCUT2D eigenvalue weighted by atomic mass is 35.5. The lowest BCUT2D eigenvalue weighted by molar-refractivity contribution is 0.0992. The lowest BCUT2D eigenvalue weighted by atomic mass is 10.3. The van der Waals surface area contributed by atoms with E-state index in [0.29, 0.717) is 15.8 Å². The van der Waals surface area contributed by atoms with Gasteiger partial charge in [-0.1, -0.05) is 87.3 Å². The molecular formula is C18H8Cl7NO3. The van der Waals surface area contributed by atoms with Gasteiger partial charge in [0.2, 0.25) is 0 Å². The Bertz CT molecular complexity index is 1050. The summed E-state index contributed by atoms with van der Waals surface area (Å²) in [5.41, 5.74) is 0.277.